The maximum Gasteiger partial charge on any atom is 0.243 e. The molecule has 2 fully saturated rings. The zero-order valence-electron chi connectivity index (χ0n) is 13.8. The molecule has 3 heterocycles. The van der Waals surface area contributed by atoms with Gasteiger partial charge in [-0.05, 0) is 48.6 Å². The predicted octanol–water partition coefficient (Wildman–Crippen LogP) is 1.16. The molecule has 1 aromatic carbocycles. The average Bonchev–Trinajstić information content (AvgIpc) is 3.26. The molecule has 2 aliphatic heterocycles. The number of aromatic nitrogens is 2. The van der Waals surface area contributed by atoms with Gasteiger partial charge in [0, 0.05) is 38.4 Å². The molecule has 4 rings (SSSR count). The Balaban J connectivity index is 1.49. The summed E-state index contributed by atoms with van der Waals surface area (Å²) in [5, 5.41) is 7.01. The second-order valence-corrected chi connectivity index (χ2v) is 8.74. The molecule has 1 spiro atoms. The van der Waals surface area contributed by atoms with E-state index in [0.717, 1.165) is 18.5 Å². The Hall–Kier alpha value is -2.19. The van der Waals surface area contributed by atoms with E-state index in [0.29, 0.717) is 31.0 Å². The van der Waals surface area contributed by atoms with Crippen molar-refractivity contribution in [1.82, 2.24) is 19.4 Å². The molecule has 1 aromatic heterocycles. The van der Waals surface area contributed by atoms with Gasteiger partial charge >= 0.3 is 0 Å². The van der Waals surface area contributed by atoms with Gasteiger partial charge in [0.15, 0.2) is 0 Å². The smallest absolute Gasteiger partial charge is 0.243 e. The molecule has 1 amide bonds. The first kappa shape index (κ1) is 16.3. The highest BCUT2D eigenvalue weighted by atomic mass is 32.2. The van der Waals surface area contributed by atoms with Crippen LogP contribution in [0.15, 0.2) is 47.6 Å². The first-order valence-corrected chi connectivity index (χ1v) is 9.80. The minimum Gasteiger partial charge on any atom is -0.356 e. The first-order chi connectivity index (χ1) is 12.0. The zero-order valence-corrected chi connectivity index (χ0v) is 14.6. The maximum atomic E-state index is 12.9. The molecule has 132 valence electrons. The van der Waals surface area contributed by atoms with Gasteiger partial charge in [-0.2, -0.15) is 9.40 Å². The number of hydrogen-bond acceptors (Lipinski definition) is 4. The van der Waals surface area contributed by atoms with Gasteiger partial charge in [-0.3, -0.25) is 4.79 Å². The lowest BCUT2D eigenvalue weighted by Crippen LogP contribution is -2.43. The highest BCUT2D eigenvalue weighted by Gasteiger charge is 2.43. The highest BCUT2D eigenvalue weighted by Crippen LogP contribution is 2.38. The molecule has 7 nitrogen and oxygen atoms in total. The summed E-state index contributed by atoms with van der Waals surface area (Å²) in [6.45, 7) is 1.58. The number of hydrogen-bond donors (Lipinski definition) is 1. The molecule has 2 aromatic rings. The van der Waals surface area contributed by atoms with Crippen molar-refractivity contribution in [2.24, 2.45) is 5.41 Å². The fourth-order valence-electron chi connectivity index (χ4n) is 3.65. The lowest BCUT2D eigenvalue weighted by atomic mass is 9.78. The van der Waals surface area contributed by atoms with E-state index in [1.807, 2.05) is 12.3 Å². The third-order valence-corrected chi connectivity index (χ3v) is 7.14. The van der Waals surface area contributed by atoms with Crippen LogP contribution < -0.4 is 5.32 Å². The van der Waals surface area contributed by atoms with Gasteiger partial charge in [-0.1, -0.05) is 0 Å². The van der Waals surface area contributed by atoms with Crippen molar-refractivity contribution >= 4 is 15.9 Å². The molecule has 0 unspecified atom stereocenters. The van der Waals surface area contributed by atoms with Crippen LogP contribution in [-0.2, 0) is 14.8 Å². The number of sulfonamides is 1. The molecule has 0 bridgehead atoms. The second kappa shape index (κ2) is 5.96. The number of carbonyl (C=O) groups is 1. The number of amides is 1. The topological polar surface area (TPSA) is 84.3 Å². The molecule has 2 aliphatic rings. The Bertz CT molecular complexity index is 867. The Kier molecular flexibility index (Phi) is 3.88. The zero-order chi connectivity index (χ0) is 17.5. The van der Waals surface area contributed by atoms with Crippen molar-refractivity contribution < 1.29 is 13.2 Å². The average molecular weight is 360 g/mol. The van der Waals surface area contributed by atoms with Gasteiger partial charge < -0.3 is 5.32 Å². The van der Waals surface area contributed by atoms with Gasteiger partial charge in [0.2, 0.25) is 15.9 Å². The second-order valence-electron chi connectivity index (χ2n) is 6.80. The first-order valence-electron chi connectivity index (χ1n) is 8.36. The molecule has 8 heteroatoms. The maximum absolute atomic E-state index is 12.9. The summed E-state index contributed by atoms with van der Waals surface area (Å²) in [7, 11) is -3.51. The summed E-state index contributed by atoms with van der Waals surface area (Å²) in [6, 6.07) is 8.57. The minimum atomic E-state index is -3.51. The number of nitrogens with zero attached hydrogens (tertiary/aromatic N) is 3. The number of rotatable bonds is 3. The SMILES string of the molecule is O=C1CC2(CCN(S(=O)(=O)c3ccc(-n4cccn4)cc3)CC2)CN1. The van der Waals surface area contributed by atoms with E-state index < -0.39 is 10.0 Å². The standard InChI is InChI=1S/C17H20N4O3S/c22-16-12-17(13-18-16)6-10-20(11-7-17)25(23,24)15-4-2-14(3-5-15)21-9-1-8-19-21/h1-5,8-9H,6-7,10-13H2,(H,18,22). The Morgan fingerprint density at radius 2 is 1.84 bits per heavy atom. The molecule has 0 saturated carbocycles. The van der Waals surface area contributed by atoms with Crippen molar-refractivity contribution in [3.8, 4) is 5.69 Å². The van der Waals surface area contributed by atoms with Crippen LogP contribution in [-0.4, -0.2) is 48.0 Å². The number of benzene rings is 1. The summed E-state index contributed by atoms with van der Waals surface area (Å²) in [5.74, 6) is 0.0746. The normalized spacial score (nSPS) is 20.7. The lowest BCUT2D eigenvalue weighted by molar-refractivity contribution is -0.119. The molecule has 25 heavy (non-hydrogen) atoms. The van der Waals surface area contributed by atoms with Crippen molar-refractivity contribution in [3.63, 3.8) is 0 Å². The van der Waals surface area contributed by atoms with E-state index in [4.69, 9.17) is 0 Å². The van der Waals surface area contributed by atoms with Crippen molar-refractivity contribution in [1.29, 1.82) is 0 Å². The van der Waals surface area contributed by atoms with E-state index >= 15 is 0 Å². The van der Waals surface area contributed by atoms with E-state index in [-0.39, 0.29) is 11.3 Å². The molecule has 0 aliphatic carbocycles. The van der Waals surface area contributed by atoms with Crippen LogP contribution in [0.4, 0.5) is 0 Å². The van der Waals surface area contributed by atoms with Crippen LogP contribution in [0.25, 0.3) is 5.69 Å². The quantitative estimate of drug-likeness (QED) is 0.890. The van der Waals surface area contributed by atoms with E-state index in [9.17, 15) is 13.2 Å². The predicted molar refractivity (Wildman–Crippen MR) is 91.6 cm³/mol. The summed E-state index contributed by atoms with van der Waals surface area (Å²) < 4.78 is 29.0. The van der Waals surface area contributed by atoms with Crippen molar-refractivity contribution in [3.05, 3.63) is 42.7 Å². The third kappa shape index (κ3) is 2.96. The lowest BCUT2D eigenvalue weighted by Gasteiger charge is -2.37. The van der Waals surface area contributed by atoms with Crippen molar-refractivity contribution in [2.45, 2.75) is 24.2 Å². The van der Waals surface area contributed by atoms with E-state index in [2.05, 4.69) is 10.4 Å². The van der Waals surface area contributed by atoms with Crippen LogP contribution in [0.5, 0.6) is 0 Å². The molecule has 0 radical (unpaired) electrons. The van der Waals surface area contributed by atoms with Gasteiger partial charge in [-0.15, -0.1) is 0 Å². The highest BCUT2D eigenvalue weighted by molar-refractivity contribution is 7.89. The molecule has 1 N–H and O–H groups in total. The van der Waals surface area contributed by atoms with E-state index in [1.165, 1.54) is 4.31 Å². The Morgan fingerprint density at radius 1 is 1.12 bits per heavy atom. The number of nitrogens with one attached hydrogen (secondary N) is 1. The van der Waals surface area contributed by atoms with Gasteiger partial charge in [0.1, 0.15) is 0 Å². The van der Waals surface area contributed by atoms with Crippen molar-refractivity contribution in [2.75, 3.05) is 19.6 Å². The van der Waals surface area contributed by atoms with Crippen LogP contribution in [0.2, 0.25) is 0 Å². The fourth-order valence-corrected chi connectivity index (χ4v) is 5.09. The Labute approximate surface area is 146 Å². The molecular formula is C17H20N4O3S. The van der Waals surface area contributed by atoms with Gasteiger partial charge in [-0.25, -0.2) is 13.1 Å². The monoisotopic (exact) mass is 360 g/mol. The summed E-state index contributed by atoms with van der Waals surface area (Å²) in [6.07, 6.45) is 5.44. The van der Waals surface area contributed by atoms with E-state index in [1.54, 1.807) is 35.1 Å². The number of piperidine rings is 1. The number of carbonyl (C=O) groups excluding carboxylic acids is 1. The summed E-state index contributed by atoms with van der Waals surface area (Å²) in [4.78, 5) is 11.8. The fraction of sp³-hybridized carbons (Fsp3) is 0.412. The largest absolute Gasteiger partial charge is 0.356 e. The summed E-state index contributed by atoms with van der Waals surface area (Å²) >= 11 is 0. The van der Waals surface area contributed by atoms with Crippen LogP contribution >= 0.6 is 0 Å². The minimum absolute atomic E-state index is 0.0624. The third-order valence-electron chi connectivity index (χ3n) is 5.22. The van der Waals surface area contributed by atoms with Gasteiger partial charge in [0.25, 0.3) is 0 Å². The van der Waals surface area contributed by atoms with Crippen LogP contribution in [0, 0.1) is 5.41 Å². The molecular weight excluding hydrogens is 340 g/mol. The van der Waals surface area contributed by atoms with Crippen LogP contribution in [0.1, 0.15) is 19.3 Å². The Morgan fingerprint density at radius 3 is 2.40 bits per heavy atom. The van der Waals surface area contributed by atoms with Gasteiger partial charge in [0.05, 0.1) is 10.6 Å². The van der Waals surface area contributed by atoms with Crippen LogP contribution in [0.3, 0.4) is 0 Å². The molecule has 2 saturated heterocycles. The summed E-state index contributed by atoms with van der Waals surface area (Å²) in [5.41, 5.74) is 0.754. The molecule has 0 atom stereocenters.